The molecule has 2 heterocycles. The normalized spacial score (nSPS) is 16.3. The highest BCUT2D eigenvalue weighted by atomic mass is 32.2. The van der Waals surface area contributed by atoms with Gasteiger partial charge in [0.15, 0.2) is 0 Å². The number of amides is 1. The summed E-state index contributed by atoms with van der Waals surface area (Å²) in [6.45, 7) is 2.67. The van der Waals surface area contributed by atoms with Crippen molar-refractivity contribution in [1.82, 2.24) is 4.90 Å². The quantitative estimate of drug-likeness (QED) is 0.851. The molecule has 2 aromatic rings. The Hall–Kier alpha value is -2.28. The van der Waals surface area contributed by atoms with E-state index in [9.17, 15) is 13.2 Å². The molecule has 7 heteroatoms. The van der Waals surface area contributed by atoms with Crippen LogP contribution in [0, 0.1) is 6.92 Å². The van der Waals surface area contributed by atoms with E-state index in [2.05, 4.69) is 0 Å². The predicted octanol–water partition coefficient (Wildman–Crippen LogP) is 2.40. The van der Waals surface area contributed by atoms with Crippen molar-refractivity contribution < 1.29 is 17.6 Å². The molecule has 24 heavy (non-hydrogen) atoms. The second kappa shape index (κ2) is 6.32. The minimum Gasteiger partial charge on any atom is -0.464 e. The third kappa shape index (κ3) is 3.31. The number of carbonyl (C=O) groups excluding carboxylic acids is 1. The molecule has 6 nitrogen and oxygen atoms in total. The lowest BCUT2D eigenvalue weighted by molar-refractivity contribution is 0.0775. The molecule has 1 saturated heterocycles. The van der Waals surface area contributed by atoms with Gasteiger partial charge in [0.1, 0.15) is 11.5 Å². The molecule has 0 saturated carbocycles. The Morgan fingerprint density at radius 2 is 2.08 bits per heavy atom. The first-order valence-corrected chi connectivity index (χ1v) is 9.39. The number of sulfonamides is 1. The Labute approximate surface area is 141 Å². The highest BCUT2D eigenvalue weighted by Crippen LogP contribution is 2.25. The molecule has 0 aliphatic carbocycles. The van der Waals surface area contributed by atoms with Gasteiger partial charge in [0, 0.05) is 19.2 Å². The summed E-state index contributed by atoms with van der Waals surface area (Å²) in [7, 11) is -1.56. The Kier molecular flexibility index (Phi) is 4.36. The number of benzene rings is 1. The van der Waals surface area contributed by atoms with Gasteiger partial charge in [0.25, 0.3) is 5.91 Å². The van der Waals surface area contributed by atoms with E-state index in [1.165, 1.54) is 4.31 Å². The average molecular weight is 348 g/mol. The average Bonchev–Trinajstić information content (AvgIpc) is 3.11. The van der Waals surface area contributed by atoms with Gasteiger partial charge in [-0.05, 0) is 43.7 Å². The smallest absolute Gasteiger partial charge is 0.254 e. The van der Waals surface area contributed by atoms with Crippen molar-refractivity contribution in [3.63, 3.8) is 0 Å². The summed E-state index contributed by atoms with van der Waals surface area (Å²) in [5.41, 5.74) is 1.00. The van der Waals surface area contributed by atoms with Crippen molar-refractivity contribution in [2.24, 2.45) is 0 Å². The Balaban J connectivity index is 1.79. The van der Waals surface area contributed by atoms with E-state index in [0.29, 0.717) is 36.5 Å². The summed E-state index contributed by atoms with van der Waals surface area (Å²) in [5.74, 6) is 1.49. The van der Waals surface area contributed by atoms with E-state index in [1.54, 1.807) is 36.2 Å². The van der Waals surface area contributed by atoms with E-state index in [1.807, 2.05) is 19.1 Å². The van der Waals surface area contributed by atoms with Crippen LogP contribution in [0.3, 0.4) is 0 Å². The third-order valence-corrected chi connectivity index (χ3v) is 5.89. The summed E-state index contributed by atoms with van der Waals surface area (Å²) in [5, 5.41) is 0. The lowest BCUT2D eigenvalue weighted by Gasteiger charge is -2.19. The van der Waals surface area contributed by atoms with Crippen molar-refractivity contribution in [3.05, 3.63) is 53.5 Å². The summed E-state index contributed by atoms with van der Waals surface area (Å²) < 4.78 is 30.9. The number of carbonyl (C=O) groups is 1. The minimum atomic E-state index is -3.26. The summed E-state index contributed by atoms with van der Waals surface area (Å²) in [4.78, 5) is 14.2. The molecule has 0 radical (unpaired) electrons. The van der Waals surface area contributed by atoms with Gasteiger partial charge in [-0.25, -0.2) is 8.42 Å². The molecule has 0 atom stereocenters. The largest absolute Gasteiger partial charge is 0.464 e. The van der Waals surface area contributed by atoms with E-state index >= 15 is 0 Å². The lowest BCUT2D eigenvalue weighted by atomic mass is 10.1. The van der Waals surface area contributed by atoms with Gasteiger partial charge >= 0.3 is 0 Å². The Morgan fingerprint density at radius 1 is 1.29 bits per heavy atom. The zero-order chi connectivity index (χ0) is 17.3. The number of anilines is 1. The molecule has 128 valence electrons. The van der Waals surface area contributed by atoms with Gasteiger partial charge in [-0.3, -0.25) is 9.10 Å². The fourth-order valence-corrected chi connectivity index (χ4v) is 4.38. The molecule has 0 bridgehead atoms. The summed E-state index contributed by atoms with van der Waals surface area (Å²) in [6.07, 6.45) is 0.609. The zero-order valence-electron chi connectivity index (χ0n) is 13.7. The van der Waals surface area contributed by atoms with Crippen molar-refractivity contribution in [2.45, 2.75) is 19.9 Å². The molecule has 1 aliphatic rings. The fraction of sp³-hybridized carbons (Fsp3) is 0.353. The highest BCUT2D eigenvalue weighted by Gasteiger charge is 2.28. The van der Waals surface area contributed by atoms with Crippen LogP contribution in [0.25, 0.3) is 0 Å². The van der Waals surface area contributed by atoms with Crippen LogP contribution >= 0.6 is 0 Å². The van der Waals surface area contributed by atoms with Crippen LogP contribution < -0.4 is 4.31 Å². The molecule has 3 rings (SSSR count). The van der Waals surface area contributed by atoms with Crippen LogP contribution in [-0.2, 0) is 16.6 Å². The number of nitrogens with zero attached hydrogens (tertiary/aromatic N) is 2. The molecule has 1 aliphatic heterocycles. The van der Waals surface area contributed by atoms with Gasteiger partial charge in [-0.15, -0.1) is 0 Å². The van der Waals surface area contributed by atoms with Gasteiger partial charge in [0.05, 0.1) is 18.0 Å². The third-order valence-electron chi connectivity index (χ3n) is 4.02. The van der Waals surface area contributed by atoms with Crippen LogP contribution in [-0.4, -0.2) is 38.6 Å². The van der Waals surface area contributed by atoms with E-state index in [-0.39, 0.29) is 11.7 Å². The number of aryl methyl sites for hydroxylation is 1. The number of hydrogen-bond donors (Lipinski definition) is 0. The van der Waals surface area contributed by atoms with Crippen LogP contribution in [0.2, 0.25) is 0 Å². The second-order valence-electron chi connectivity index (χ2n) is 5.97. The van der Waals surface area contributed by atoms with Crippen molar-refractivity contribution in [3.8, 4) is 0 Å². The number of rotatable bonds is 4. The first kappa shape index (κ1) is 16.6. The molecular weight excluding hydrogens is 328 g/mol. The van der Waals surface area contributed by atoms with Crippen molar-refractivity contribution >= 4 is 21.6 Å². The molecule has 1 amide bonds. The fourth-order valence-electron chi connectivity index (χ4n) is 2.82. The molecule has 1 aromatic heterocycles. The minimum absolute atomic E-state index is 0.156. The lowest BCUT2D eigenvalue weighted by Crippen LogP contribution is -2.27. The van der Waals surface area contributed by atoms with Crippen LogP contribution in [0.5, 0.6) is 0 Å². The molecule has 0 spiro atoms. The number of hydrogen-bond acceptors (Lipinski definition) is 4. The summed E-state index contributed by atoms with van der Waals surface area (Å²) >= 11 is 0. The molecule has 0 N–H and O–H groups in total. The molecule has 0 unspecified atom stereocenters. The molecule has 1 fully saturated rings. The predicted molar refractivity (Wildman–Crippen MR) is 91.4 cm³/mol. The van der Waals surface area contributed by atoms with Crippen LogP contribution in [0.4, 0.5) is 5.69 Å². The first-order chi connectivity index (χ1) is 11.4. The van der Waals surface area contributed by atoms with Crippen LogP contribution in [0.1, 0.15) is 28.3 Å². The monoisotopic (exact) mass is 348 g/mol. The van der Waals surface area contributed by atoms with Crippen LogP contribution in [0.15, 0.2) is 40.8 Å². The maximum absolute atomic E-state index is 12.6. The Morgan fingerprint density at radius 3 is 2.71 bits per heavy atom. The maximum atomic E-state index is 12.6. The van der Waals surface area contributed by atoms with E-state index in [0.717, 1.165) is 5.76 Å². The number of furan rings is 1. The summed E-state index contributed by atoms with van der Waals surface area (Å²) in [6, 6.07) is 10.4. The maximum Gasteiger partial charge on any atom is 0.254 e. The molecular formula is C17H20N2O4S. The highest BCUT2D eigenvalue weighted by molar-refractivity contribution is 7.93. The van der Waals surface area contributed by atoms with Gasteiger partial charge in [-0.1, -0.05) is 6.07 Å². The SMILES string of the molecule is Cc1ccc(CN(C)C(=O)c2cccc(N3CCCS3(=O)=O)c2)o1. The van der Waals surface area contributed by atoms with Crippen molar-refractivity contribution in [1.29, 1.82) is 0 Å². The van der Waals surface area contributed by atoms with Crippen molar-refractivity contribution in [2.75, 3.05) is 23.7 Å². The van der Waals surface area contributed by atoms with Gasteiger partial charge in [-0.2, -0.15) is 0 Å². The van der Waals surface area contributed by atoms with E-state index < -0.39 is 10.0 Å². The van der Waals surface area contributed by atoms with Gasteiger partial charge < -0.3 is 9.32 Å². The first-order valence-electron chi connectivity index (χ1n) is 7.78. The topological polar surface area (TPSA) is 70.8 Å². The zero-order valence-corrected chi connectivity index (χ0v) is 14.5. The van der Waals surface area contributed by atoms with E-state index in [4.69, 9.17) is 4.42 Å². The Bertz CT molecular complexity index is 857. The second-order valence-corrected chi connectivity index (χ2v) is 7.98. The van der Waals surface area contributed by atoms with Gasteiger partial charge in [0.2, 0.25) is 10.0 Å². The standard InChI is InChI=1S/C17H20N2O4S/c1-13-7-8-16(23-13)12-18(2)17(20)14-5-3-6-15(11-14)19-9-4-10-24(19,21)22/h3,5-8,11H,4,9-10,12H2,1-2H3. The molecule has 1 aromatic carbocycles.